The Kier molecular flexibility index (Phi) is 6.07. The molecule has 0 aliphatic carbocycles. The summed E-state index contributed by atoms with van der Waals surface area (Å²) in [6.07, 6.45) is 1.58. The summed E-state index contributed by atoms with van der Waals surface area (Å²) in [5, 5.41) is 0.829. The second-order valence-electron chi connectivity index (χ2n) is 6.45. The van der Waals surface area contributed by atoms with Crippen molar-refractivity contribution in [2.75, 3.05) is 13.7 Å². The highest BCUT2D eigenvalue weighted by molar-refractivity contribution is 5.87. The molecule has 136 valence electrons. The molecule has 1 aromatic heterocycles. The standard InChI is InChI=1S/C19H25NO5/c1-12(2)20(13(3)4)18(21)11-25-19(22)8-14-10-24-17-9-15(23-5)6-7-16(14)17/h6-7,9-10,12-13H,8,11H2,1-5H3. The Morgan fingerprint density at radius 1 is 1.16 bits per heavy atom. The molecule has 1 heterocycles. The zero-order valence-electron chi connectivity index (χ0n) is 15.4. The van der Waals surface area contributed by atoms with Crippen LogP contribution in [0.2, 0.25) is 0 Å². The van der Waals surface area contributed by atoms with Crippen LogP contribution in [0, 0.1) is 0 Å². The van der Waals surface area contributed by atoms with Gasteiger partial charge in [0.1, 0.15) is 11.3 Å². The molecule has 0 saturated carbocycles. The first-order chi connectivity index (χ1) is 11.8. The number of ether oxygens (including phenoxy) is 2. The molecule has 0 atom stereocenters. The molecule has 6 heteroatoms. The summed E-state index contributed by atoms with van der Waals surface area (Å²) in [5.74, 6) is 0.0310. The lowest BCUT2D eigenvalue weighted by Gasteiger charge is -2.30. The van der Waals surface area contributed by atoms with E-state index in [4.69, 9.17) is 13.9 Å². The summed E-state index contributed by atoms with van der Waals surface area (Å²) in [6, 6.07) is 5.51. The molecule has 0 spiro atoms. The van der Waals surface area contributed by atoms with Crippen LogP contribution < -0.4 is 4.74 Å². The first kappa shape index (κ1) is 18.8. The molecule has 0 N–H and O–H groups in total. The molecule has 1 amide bonds. The van der Waals surface area contributed by atoms with Gasteiger partial charge in [0.15, 0.2) is 6.61 Å². The van der Waals surface area contributed by atoms with Crippen molar-refractivity contribution in [2.45, 2.75) is 46.2 Å². The highest BCUT2D eigenvalue weighted by atomic mass is 16.5. The SMILES string of the molecule is COc1ccc2c(CC(=O)OCC(=O)N(C(C)C)C(C)C)coc2c1. The van der Waals surface area contributed by atoms with Gasteiger partial charge in [0.05, 0.1) is 19.8 Å². The molecule has 2 rings (SSSR count). The van der Waals surface area contributed by atoms with Crippen molar-refractivity contribution in [3.63, 3.8) is 0 Å². The van der Waals surface area contributed by atoms with Crippen molar-refractivity contribution >= 4 is 22.8 Å². The van der Waals surface area contributed by atoms with E-state index in [9.17, 15) is 9.59 Å². The Balaban J connectivity index is 1.98. The van der Waals surface area contributed by atoms with E-state index < -0.39 is 5.97 Å². The number of methoxy groups -OCH3 is 1. The maximum atomic E-state index is 12.2. The van der Waals surface area contributed by atoms with Crippen LogP contribution in [0.3, 0.4) is 0 Å². The summed E-state index contributed by atoms with van der Waals surface area (Å²) >= 11 is 0. The molecule has 0 aliphatic rings. The normalized spacial score (nSPS) is 11.2. The fourth-order valence-electron chi connectivity index (χ4n) is 2.92. The molecule has 0 saturated heterocycles. The van der Waals surface area contributed by atoms with Gasteiger partial charge in [0.2, 0.25) is 0 Å². The van der Waals surface area contributed by atoms with Crippen molar-refractivity contribution in [3.8, 4) is 5.75 Å². The van der Waals surface area contributed by atoms with E-state index in [1.807, 2.05) is 33.8 Å². The van der Waals surface area contributed by atoms with Crippen LogP contribution in [-0.2, 0) is 20.7 Å². The van der Waals surface area contributed by atoms with Gasteiger partial charge in [-0.1, -0.05) is 0 Å². The van der Waals surface area contributed by atoms with Gasteiger partial charge in [-0.15, -0.1) is 0 Å². The highest BCUT2D eigenvalue weighted by Gasteiger charge is 2.21. The van der Waals surface area contributed by atoms with Gasteiger partial charge in [0, 0.05) is 29.1 Å². The molecular formula is C19H25NO5. The molecule has 0 unspecified atom stereocenters. The smallest absolute Gasteiger partial charge is 0.310 e. The lowest BCUT2D eigenvalue weighted by atomic mass is 10.1. The minimum Gasteiger partial charge on any atom is -0.497 e. The number of rotatable bonds is 7. The van der Waals surface area contributed by atoms with Crippen molar-refractivity contribution in [3.05, 3.63) is 30.0 Å². The van der Waals surface area contributed by atoms with Gasteiger partial charge in [-0.05, 0) is 39.8 Å². The maximum absolute atomic E-state index is 12.2. The molecule has 1 aromatic carbocycles. The van der Waals surface area contributed by atoms with E-state index in [2.05, 4.69) is 0 Å². The predicted octanol–water partition coefficient (Wildman–Crippen LogP) is 3.17. The fraction of sp³-hybridized carbons (Fsp3) is 0.474. The number of hydrogen-bond donors (Lipinski definition) is 0. The van der Waals surface area contributed by atoms with Gasteiger partial charge >= 0.3 is 5.97 Å². The Morgan fingerprint density at radius 2 is 1.84 bits per heavy atom. The number of furan rings is 1. The number of hydrogen-bond acceptors (Lipinski definition) is 5. The number of carbonyl (C=O) groups is 2. The quantitative estimate of drug-likeness (QED) is 0.720. The lowest BCUT2D eigenvalue weighted by molar-refractivity contribution is -0.153. The predicted molar refractivity (Wildman–Crippen MR) is 94.5 cm³/mol. The molecule has 0 fully saturated rings. The van der Waals surface area contributed by atoms with Gasteiger partial charge in [-0.2, -0.15) is 0 Å². The van der Waals surface area contributed by atoms with E-state index in [0.717, 1.165) is 10.9 Å². The molecule has 0 bridgehead atoms. The van der Waals surface area contributed by atoms with Crippen LogP contribution in [0.5, 0.6) is 5.75 Å². The summed E-state index contributed by atoms with van der Waals surface area (Å²) in [5.41, 5.74) is 1.36. The zero-order valence-corrected chi connectivity index (χ0v) is 15.4. The number of nitrogens with zero attached hydrogens (tertiary/aromatic N) is 1. The van der Waals surface area contributed by atoms with Crippen LogP contribution in [0.1, 0.15) is 33.3 Å². The minimum atomic E-state index is -0.459. The zero-order chi connectivity index (χ0) is 18.6. The average molecular weight is 347 g/mol. The second kappa shape index (κ2) is 8.05. The van der Waals surface area contributed by atoms with E-state index in [0.29, 0.717) is 11.3 Å². The Bertz CT molecular complexity index is 739. The van der Waals surface area contributed by atoms with Gasteiger partial charge < -0.3 is 18.8 Å². The number of amides is 1. The van der Waals surface area contributed by atoms with Crippen LogP contribution in [0.15, 0.2) is 28.9 Å². The Hall–Kier alpha value is -2.50. The second-order valence-corrected chi connectivity index (χ2v) is 6.45. The van der Waals surface area contributed by atoms with Gasteiger partial charge in [-0.3, -0.25) is 9.59 Å². The third-order valence-corrected chi connectivity index (χ3v) is 3.95. The number of fused-ring (bicyclic) bond motifs is 1. The van der Waals surface area contributed by atoms with E-state index in [1.54, 1.807) is 24.1 Å². The molecule has 6 nitrogen and oxygen atoms in total. The van der Waals surface area contributed by atoms with Crippen molar-refractivity contribution in [2.24, 2.45) is 0 Å². The summed E-state index contributed by atoms with van der Waals surface area (Å²) < 4.78 is 15.8. The average Bonchev–Trinajstić information content (AvgIpc) is 2.94. The van der Waals surface area contributed by atoms with Gasteiger partial charge in [-0.25, -0.2) is 0 Å². The largest absolute Gasteiger partial charge is 0.497 e. The summed E-state index contributed by atoms with van der Waals surface area (Å²) in [7, 11) is 1.58. The molecular weight excluding hydrogens is 322 g/mol. The third-order valence-electron chi connectivity index (χ3n) is 3.95. The van der Waals surface area contributed by atoms with Crippen molar-refractivity contribution in [1.82, 2.24) is 4.90 Å². The summed E-state index contributed by atoms with van der Waals surface area (Å²) in [4.78, 5) is 26.0. The monoisotopic (exact) mass is 347 g/mol. The lowest BCUT2D eigenvalue weighted by Crippen LogP contribution is -2.44. The number of esters is 1. The van der Waals surface area contributed by atoms with Crippen LogP contribution in [0.25, 0.3) is 11.0 Å². The van der Waals surface area contributed by atoms with Crippen LogP contribution in [-0.4, -0.2) is 42.6 Å². The Morgan fingerprint density at radius 3 is 2.44 bits per heavy atom. The number of carbonyl (C=O) groups excluding carboxylic acids is 2. The topological polar surface area (TPSA) is 69.0 Å². The molecule has 0 aliphatic heterocycles. The van der Waals surface area contributed by atoms with E-state index in [1.165, 1.54) is 6.26 Å². The van der Waals surface area contributed by atoms with Gasteiger partial charge in [0.25, 0.3) is 5.91 Å². The van der Waals surface area contributed by atoms with E-state index in [-0.39, 0.29) is 31.0 Å². The molecule has 2 aromatic rings. The van der Waals surface area contributed by atoms with E-state index >= 15 is 0 Å². The number of benzene rings is 1. The van der Waals surface area contributed by atoms with Crippen LogP contribution in [0.4, 0.5) is 0 Å². The molecule has 0 radical (unpaired) electrons. The minimum absolute atomic E-state index is 0.0516. The maximum Gasteiger partial charge on any atom is 0.310 e. The third kappa shape index (κ3) is 4.53. The highest BCUT2D eigenvalue weighted by Crippen LogP contribution is 2.26. The van der Waals surface area contributed by atoms with Crippen molar-refractivity contribution < 1.29 is 23.5 Å². The first-order valence-electron chi connectivity index (χ1n) is 8.34. The van der Waals surface area contributed by atoms with Crippen molar-refractivity contribution in [1.29, 1.82) is 0 Å². The first-order valence-corrected chi connectivity index (χ1v) is 8.34. The summed E-state index contributed by atoms with van der Waals surface area (Å²) in [6.45, 7) is 7.49. The molecule has 25 heavy (non-hydrogen) atoms. The fourth-order valence-corrected chi connectivity index (χ4v) is 2.92. The van der Waals surface area contributed by atoms with Crippen LogP contribution >= 0.6 is 0 Å². The Labute approximate surface area is 147 Å².